The minimum absolute atomic E-state index is 0.149. The van der Waals surface area contributed by atoms with Crippen molar-refractivity contribution in [2.24, 2.45) is 5.92 Å². The highest BCUT2D eigenvalue weighted by atomic mass is 16.5. The summed E-state index contributed by atoms with van der Waals surface area (Å²) in [5.41, 5.74) is 4.11. The zero-order chi connectivity index (χ0) is 26.8. The fourth-order valence-corrected chi connectivity index (χ4v) is 5.61. The first-order valence-corrected chi connectivity index (χ1v) is 13.1. The lowest BCUT2D eigenvalue weighted by atomic mass is 9.77. The van der Waals surface area contributed by atoms with Gasteiger partial charge in [-0.05, 0) is 53.3 Å². The summed E-state index contributed by atoms with van der Waals surface area (Å²) in [6, 6.07) is 32.9. The molecule has 39 heavy (non-hydrogen) atoms. The van der Waals surface area contributed by atoms with Gasteiger partial charge in [0.15, 0.2) is 5.82 Å². The molecule has 0 bridgehead atoms. The predicted molar refractivity (Wildman–Crippen MR) is 150 cm³/mol. The third kappa shape index (κ3) is 4.34. The van der Waals surface area contributed by atoms with Crippen LogP contribution in [0, 0.1) is 5.92 Å². The maximum atomic E-state index is 11.5. The fourth-order valence-electron chi connectivity index (χ4n) is 5.61. The van der Waals surface area contributed by atoms with Crippen LogP contribution in [0.4, 0.5) is 5.82 Å². The van der Waals surface area contributed by atoms with Gasteiger partial charge in [0.25, 0.3) is 0 Å². The molecule has 3 atom stereocenters. The summed E-state index contributed by atoms with van der Waals surface area (Å²) in [6.45, 7) is 2.04. The van der Waals surface area contributed by atoms with Crippen molar-refractivity contribution in [2.75, 3.05) is 12.4 Å². The van der Waals surface area contributed by atoms with Crippen molar-refractivity contribution in [3.8, 4) is 5.75 Å². The summed E-state index contributed by atoms with van der Waals surface area (Å²) >= 11 is 0. The lowest BCUT2D eigenvalue weighted by molar-refractivity contribution is -0.118. The van der Waals surface area contributed by atoms with Crippen LogP contribution in [0.15, 0.2) is 103 Å². The van der Waals surface area contributed by atoms with Gasteiger partial charge in [-0.2, -0.15) is 5.10 Å². The van der Waals surface area contributed by atoms with Gasteiger partial charge in [-0.15, -0.1) is 0 Å². The largest absolute Gasteiger partial charge is 0.497 e. The molecule has 0 aliphatic carbocycles. The number of nitrogens with zero attached hydrogens (tertiary/aromatic N) is 3. The van der Waals surface area contributed by atoms with Gasteiger partial charge in [-0.3, -0.25) is 0 Å². The molecule has 6 rings (SSSR count). The van der Waals surface area contributed by atoms with E-state index in [1.165, 1.54) is 0 Å². The molecule has 1 N–H and O–H groups in total. The van der Waals surface area contributed by atoms with Crippen molar-refractivity contribution in [1.82, 2.24) is 14.6 Å². The van der Waals surface area contributed by atoms with E-state index in [0.717, 1.165) is 46.4 Å². The second-order valence-corrected chi connectivity index (χ2v) is 9.94. The van der Waals surface area contributed by atoms with Crippen molar-refractivity contribution in [1.29, 1.82) is 0 Å². The minimum atomic E-state index is -0.769. The van der Waals surface area contributed by atoms with E-state index in [0.29, 0.717) is 5.82 Å². The molecule has 0 saturated carbocycles. The number of anilines is 1. The van der Waals surface area contributed by atoms with E-state index in [-0.39, 0.29) is 12.0 Å². The van der Waals surface area contributed by atoms with E-state index < -0.39 is 11.6 Å². The number of carbonyl (C=O) groups excluding carboxylic acids is 1. The average molecular weight is 519 g/mol. The number of hydrogen-bond acceptors (Lipinski definition) is 6. The maximum Gasteiger partial charge on any atom is 0.155 e. The molecule has 1 saturated heterocycles. The number of methoxy groups -OCH3 is 1. The van der Waals surface area contributed by atoms with Gasteiger partial charge in [-0.25, -0.2) is 9.50 Å². The lowest BCUT2D eigenvalue weighted by Crippen LogP contribution is -2.38. The SMILES string of the molecule is COc1ccc(C(Nc2ncnn3c([C@H]4C[C@H](C)[C@@H](C=O)O4)ccc23)(c2ccccc2)c2ccccc2)cc1. The molecule has 3 heterocycles. The van der Waals surface area contributed by atoms with Crippen LogP contribution in [0.5, 0.6) is 5.75 Å². The summed E-state index contributed by atoms with van der Waals surface area (Å²) in [6.07, 6.45) is 2.59. The van der Waals surface area contributed by atoms with Gasteiger partial charge >= 0.3 is 0 Å². The highest BCUT2D eigenvalue weighted by molar-refractivity contribution is 5.72. The summed E-state index contributed by atoms with van der Waals surface area (Å²) in [5, 5.41) is 8.42. The number of aldehydes is 1. The molecule has 0 amide bonds. The molecule has 1 aliphatic rings. The molecule has 1 fully saturated rings. The minimum Gasteiger partial charge on any atom is -0.497 e. The van der Waals surface area contributed by atoms with Crippen molar-refractivity contribution in [3.63, 3.8) is 0 Å². The van der Waals surface area contributed by atoms with Crippen LogP contribution in [0.3, 0.4) is 0 Å². The van der Waals surface area contributed by atoms with E-state index in [2.05, 4.69) is 46.8 Å². The quantitative estimate of drug-likeness (QED) is 0.206. The van der Waals surface area contributed by atoms with Crippen molar-refractivity contribution in [3.05, 3.63) is 126 Å². The van der Waals surface area contributed by atoms with E-state index in [9.17, 15) is 4.79 Å². The number of fused-ring (bicyclic) bond motifs is 1. The second kappa shape index (κ2) is 10.3. The summed E-state index contributed by atoms with van der Waals surface area (Å²) in [4.78, 5) is 16.2. The molecular formula is C32H30N4O3. The smallest absolute Gasteiger partial charge is 0.155 e. The van der Waals surface area contributed by atoms with Gasteiger partial charge in [0, 0.05) is 0 Å². The number of carbonyl (C=O) groups is 1. The number of nitrogens with one attached hydrogen (secondary N) is 1. The molecule has 7 nitrogen and oxygen atoms in total. The van der Waals surface area contributed by atoms with E-state index in [1.807, 2.05) is 72.1 Å². The van der Waals surface area contributed by atoms with Crippen molar-refractivity contribution < 1.29 is 14.3 Å². The number of benzene rings is 3. The first-order valence-electron chi connectivity index (χ1n) is 13.1. The first kappa shape index (κ1) is 24.8. The van der Waals surface area contributed by atoms with Crippen molar-refractivity contribution >= 4 is 17.6 Å². The van der Waals surface area contributed by atoms with Crippen LogP contribution in [-0.2, 0) is 15.1 Å². The van der Waals surface area contributed by atoms with Crippen molar-refractivity contribution in [2.45, 2.75) is 31.1 Å². The van der Waals surface area contributed by atoms with Crippen LogP contribution in [0.1, 0.15) is 41.8 Å². The predicted octanol–water partition coefficient (Wildman–Crippen LogP) is 5.81. The van der Waals surface area contributed by atoms with Crippen LogP contribution in [0.2, 0.25) is 0 Å². The molecule has 3 aromatic carbocycles. The molecule has 0 spiro atoms. The van der Waals surface area contributed by atoms with E-state index >= 15 is 0 Å². The van der Waals surface area contributed by atoms with Gasteiger partial charge in [0.1, 0.15) is 41.6 Å². The molecule has 0 unspecified atom stereocenters. The van der Waals surface area contributed by atoms with E-state index in [4.69, 9.17) is 14.5 Å². The normalized spacial score (nSPS) is 19.2. The highest BCUT2D eigenvalue weighted by Gasteiger charge is 2.38. The van der Waals surface area contributed by atoms with E-state index in [1.54, 1.807) is 13.4 Å². The third-order valence-corrected chi connectivity index (χ3v) is 7.66. The Hall–Kier alpha value is -4.49. The first-order chi connectivity index (χ1) is 19.1. The maximum absolute atomic E-state index is 11.5. The Morgan fingerprint density at radius 2 is 1.56 bits per heavy atom. The zero-order valence-corrected chi connectivity index (χ0v) is 21.9. The molecule has 196 valence electrons. The van der Waals surface area contributed by atoms with Gasteiger partial charge in [-0.1, -0.05) is 79.7 Å². The molecule has 1 aliphatic heterocycles. The molecule has 0 radical (unpaired) electrons. The summed E-state index contributed by atoms with van der Waals surface area (Å²) < 4.78 is 13.4. The van der Waals surface area contributed by atoms with Gasteiger partial charge in [0.2, 0.25) is 0 Å². The lowest BCUT2D eigenvalue weighted by Gasteiger charge is -2.37. The molecule has 2 aromatic heterocycles. The Labute approximate surface area is 227 Å². The highest BCUT2D eigenvalue weighted by Crippen LogP contribution is 2.42. The fraction of sp³-hybridized carbons (Fsp3) is 0.219. The Morgan fingerprint density at radius 1 is 0.923 bits per heavy atom. The van der Waals surface area contributed by atoms with Gasteiger partial charge < -0.3 is 19.6 Å². The summed E-state index contributed by atoms with van der Waals surface area (Å²) in [7, 11) is 1.67. The van der Waals surface area contributed by atoms with Crippen LogP contribution >= 0.6 is 0 Å². The zero-order valence-electron chi connectivity index (χ0n) is 21.9. The van der Waals surface area contributed by atoms with Gasteiger partial charge in [0.05, 0.1) is 12.8 Å². The molecular weight excluding hydrogens is 488 g/mol. The third-order valence-electron chi connectivity index (χ3n) is 7.66. The number of hydrogen-bond donors (Lipinski definition) is 1. The van der Waals surface area contributed by atoms with Crippen LogP contribution < -0.4 is 10.1 Å². The Bertz CT molecular complexity index is 1530. The Kier molecular flexibility index (Phi) is 6.59. The average Bonchev–Trinajstić information content (AvgIpc) is 3.60. The van der Waals surface area contributed by atoms with Crippen LogP contribution in [-0.4, -0.2) is 34.1 Å². The number of ether oxygens (including phenoxy) is 2. The number of aromatic nitrogens is 3. The molecule has 7 heteroatoms. The topological polar surface area (TPSA) is 77.8 Å². The van der Waals surface area contributed by atoms with Crippen LogP contribution in [0.25, 0.3) is 5.52 Å². The molecule has 5 aromatic rings. The second-order valence-electron chi connectivity index (χ2n) is 9.94. The Morgan fingerprint density at radius 3 is 2.15 bits per heavy atom. The Balaban J connectivity index is 1.52. The monoisotopic (exact) mass is 518 g/mol. The summed E-state index contributed by atoms with van der Waals surface area (Å²) in [5.74, 6) is 1.61. The standard InChI is InChI=1S/C32H30N4O3/c1-22-19-29(39-30(22)20-37)27-17-18-28-31(33-21-34-36(27)28)35-32(23-9-5-3-6-10-23,24-11-7-4-8-12-24)25-13-15-26(38-2)16-14-25/h3-18,20-22,29-30H,19H2,1-2H3,(H,33,34,35)/t22-,29+,30+/m0/s1. The number of rotatable bonds is 8.